The second-order valence-corrected chi connectivity index (χ2v) is 4.66. The summed E-state index contributed by atoms with van der Waals surface area (Å²) in [5.74, 6) is 0. The van der Waals surface area contributed by atoms with Crippen LogP contribution in [-0.2, 0) is 0 Å². The van der Waals surface area contributed by atoms with Gasteiger partial charge < -0.3 is 10.2 Å². The minimum absolute atomic E-state index is 0.793. The van der Waals surface area contributed by atoms with Gasteiger partial charge in [-0.3, -0.25) is 4.90 Å². The molecule has 0 amide bonds. The first-order chi connectivity index (χ1) is 7.81. The molecule has 1 fully saturated rings. The molecule has 0 saturated carbocycles. The van der Waals surface area contributed by atoms with Crippen molar-refractivity contribution in [2.24, 2.45) is 0 Å². The Kier molecular flexibility index (Phi) is 7.01. The van der Waals surface area contributed by atoms with E-state index in [2.05, 4.69) is 35.9 Å². The maximum absolute atomic E-state index is 3.61. The number of hydrogen-bond donors (Lipinski definition) is 1. The van der Waals surface area contributed by atoms with Crippen LogP contribution in [0.15, 0.2) is 0 Å². The Bertz CT molecular complexity index is 169. The smallest absolute Gasteiger partial charge is 0.0221 e. The van der Waals surface area contributed by atoms with Crippen LogP contribution in [0.1, 0.15) is 33.6 Å². The van der Waals surface area contributed by atoms with E-state index in [1.165, 1.54) is 52.1 Å². The Balaban J connectivity index is 2.06. The van der Waals surface area contributed by atoms with Gasteiger partial charge in [0.05, 0.1) is 0 Å². The van der Waals surface area contributed by atoms with Gasteiger partial charge in [0, 0.05) is 25.7 Å². The minimum atomic E-state index is 0.793. The molecule has 1 rings (SSSR count). The summed E-state index contributed by atoms with van der Waals surface area (Å²) in [6.07, 6.45) is 2.77. The number of nitrogens with one attached hydrogen (secondary N) is 1. The van der Waals surface area contributed by atoms with Gasteiger partial charge in [-0.15, -0.1) is 0 Å². The summed E-state index contributed by atoms with van der Waals surface area (Å²) in [4.78, 5) is 5.07. The van der Waals surface area contributed by atoms with Crippen molar-refractivity contribution >= 4 is 0 Å². The van der Waals surface area contributed by atoms with Crippen LogP contribution < -0.4 is 5.32 Å². The Morgan fingerprint density at radius 1 is 1.25 bits per heavy atom. The maximum Gasteiger partial charge on any atom is 0.0221 e. The van der Waals surface area contributed by atoms with Crippen molar-refractivity contribution in [1.82, 2.24) is 15.1 Å². The lowest BCUT2D eigenvalue weighted by atomic mass is 10.2. The van der Waals surface area contributed by atoms with Crippen LogP contribution in [0.5, 0.6) is 0 Å². The topological polar surface area (TPSA) is 18.5 Å². The van der Waals surface area contributed by atoms with Gasteiger partial charge in [0.1, 0.15) is 0 Å². The molecule has 0 spiro atoms. The first kappa shape index (κ1) is 13.9. The molecule has 1 aliphatic heterocycles. The normalized spacial score (nSPS) is 22.1. The van der Waals surface area contributed by atoms with Crippen LogP contribution in [-0.4, -0.2) is 61.7 Å². The molecular weight excluding hydrogens is 198 g/mol. The molecular formula is C13H29N3. The van der Waals surface area contributed by atoms with E-state index < -0.39 is 0 Å². The highest BCUT2D eigenvalue weighted by Gasteiger charge is 2.21. The van der Waals surface area contributed by atoms with Crippen LogP contribution in [0.2, 0.25) is 0 Å². The SMILES string of the molecule is CCN(CC)CCNCC1CCCN1CC. The highest BCUT2D eigenvalue weighted by Crippen LogP contribution is 2.15. The minimum Gasteiger partial charge on any atom is -0.314 e. The third kappa shape index (κ3) is 4.40. The maximum atomic E-state index is 3.61. The molecule has 1 unspecified atom stereocenters. The van der Waals surface area contributed by atoms with E-state index in [0.717, 1.165) is 12.6 Å². The molecule has 96 valence electrons. The van der Waals surface area contributed by atoms with Gasteiger partial charge in [-0.25, -0.2) is 0 Å². The van der Waals surface area contributed by atoms with Crippen molar-refractivity contribution in [2.45, 2.75) is 39.7 Å². The zero-order valence-electron chi connectivity index (χ0n) is 11.3. The van der Waals surface area contributed by atoms with Crippen LogP contribution in [0.4, 0.5) is 0 Å². The van der Waals surface area contributed by atoms with Gasteiger partial charge in [-0.2, -0.15) is 0 Å². The van der Waals surface area contributed by atoms with Crippen LogP contribution in [0.25, 0.3) is 0 Å². The highest BCUT2D eigenvalue weighted by molar-refractivity contribution is 4.79. The summed E-state index contributed by atoms with van der Waals surface area (Å²) in [5.41, 5.74) is 0. The molecule has 0 aromatic heterocycles. The summed E-state index contributed by atoms with van der Waals surface area (Å²) < 4.78 is 0. The zero-order chi connectivity index (χ0) is 11.8. The van der Waals surface area contributed by atoms with Gasteiger partial charge >= 0.3 is 0 Å². The van der Waals surface area contributed by atoms with Crippen molar-refractivity contribution in [3.05, 3.63) is 0 Å². The molecule has 1 aliphatic rings. The molecule has 3 nitrogen and oxygen atoms in total. The van der Waals surface area contributed by atoms with Crippen molar-refractivity contribution in [2.75, 3.05) is 45.8 Å². The Morgan fingerprint density at radius 3 is 2.62 bits per heavy atom. The van der Waals surface area contributed by atoms with E-state index in [1.807, 2.05) is 0 Å². The fourth-order valence-electron chi connectivity index (χ4n) is 2.59. The fraction of sp³-hybridized carbons (Fsp3) is 1.00. The average Bonchev–Trinajstić information content (AvgIpc) is 2.77. The predicted molar refractivity (Wildman–Crippen MR) is 70.9 cm³/mol. The van der Waals surface area contributed by atoms with E-state index in [-0.39, 0.29) is 0 Å². The van der Waals surface area contributed by atoms with E-state index in [1.54, 1.807) is 0 Å². The third-order valence-corrected chi connectivity index (χ3v) is 3.78. The quantitative estimate of drug-likeness (QED) is 0.632. The average molecular weight is 227 g/mol. The van der Waals surface area contributed by atoms with E-state index >= 15 is 0 Å². The lowest BCUT2D eigenvalue weighted by molar-refractivity contribution is 0.252. The van der Waals surface area contributed by atoms with Gasteiger partial charge in [0.15, 0.2) is 0 Å². The monoisotopic (exact) mass is 227 g/mol. The molecule has 0 radical (unpaired) electrons. The van der Waals surface area contributed by atoms with Crippen molar-refractivity contribution in [3.8, 4) is 0 Å². The van der Waals surface area contributed by atoms with Crippen LogP contribution in [0, 0.1) is 0 Å². The fourth-order valence-corrected chi connectivity index (χ4v) is 2.59. The molecule has 1 saturated heterocycles. The summed E-state index contributed by atoms with van der Waals surface area (Å²) in [7, 11) is 0. The van der Waals surface area contributed by atoms with E-state index in [4.69, 9.17) is 0 Å². The van der Waals surface area contributed by atoms with E-state index in [9.17, 15) is 0 Å². The second-order valence-electron chi connectivity index (χ2n) is 4.66. The first-order valence-electron chi connectivity index (χ1n) is 6.98. The van der Waals surface area contributed by atoms with Crippen LogP contribution in [0.3, 0.4) is 0 Å². The van der Waals surface area contributed by atoms with Crippen molar-refractivity contribution in [1.29, 1.82) is 0 Å². The van der Waals surface area contributed by atoms with Crippen LogP contribution >= 0.6 is 0 Å². The number of hydrogen-bond acceptors (Lipinski definition) is 3. The predicted octanol–water partition coefficient (Wildman–Crippen LogP) is 1.40. The van der Waals surface area contributed by atoms with Crippen molar-refractivity contribution < 1.29 is 0 Å². The molecule has 0 aromatic rings. The molecule has 16 heavy (non-hydrogen) atoms. The number of likely N-dealkylation sites (N-methyl/N-ethyl adjacent to an activating group) is 2. The summed E-state index contributed by atoms with van der Waals surface area (Å²) >= 11 is 0. The van der Waals surface area contributed by atoms with Gasteiger partial charge in [-0.05, 0) is 39.0 Å². The Morgan fingerprint density at radius 2 is 2.00 bits per heavy atom. The molecule has 3 heteroatoms. The second kappa shape index (κ2) is 8.04. The molecule has 0 aliphatic carbocycles. The standard InChI is InChI=1S/C13H29N3/c1-4-15(5-2)11-9-14-12-13-8-7-10-16(13)6-3/h13-14H,4-12H2,1-3H3. The highest BCUT2D eigenvalue weighted by atomic mass is 15.2. The largest absolute Gasteiger partial charge is 0.314 e. The zero-order valence-corrected chi connectivity index (χ0v) is 11.3. The molecule has 0 aromatic carbocycles. The number of likely N-dealkylation sites (tertiary alicyclic amines) is 1. The molecule has 1 atom stereocenters. The molecule has 0 bridgehead atoms. The summed E-state index contributed by atoms with van der Waals surface area (Å²) in [5, 5.41) is 3.61. The molecule has 1 heterocycles. The summed E-state index contributed by atoms with van der Waals surface area (Å²) in [6.45, 7) is 15.1. The Labute approximate surface area is 101 Å². The van der Waals surface area contributed by atoms with Gasteiger partial charge in [-0.1, -0.05) is 20.8 Å². The molecule has 1 N–H and O–H groups in total. The third-order valence-electron chi connectivity index (χ3n) is 3.78. The van der Waals surface area contributed by atoms with Gasteiger partial charge in [0.2, 0.25) is 0 Å². The lowest BCUT2D eigenvalue weighted by Crippen LogP contribution is -2.40. The van der Waals surface area contributed by atoms with Gasteiger partial charge in [0.25, 0.3) is 0 Å². The number of nitrogens with zero attached hydrogens (tertiary/aromatic N) is 2. The van der Waals surface area contributed by atoms with Crippen molar-refractivity contribution in [3.63, 3.8) is 0 Å². The summed E-state index contributed by atoms with van der Waals surface area (Å²) in [6, 6.07) is 0.793. The number of rotatable bonds is 8. The first-order valence-corrected chi connectivity index (χ1v) is 6.98. The Hall–Kier alpha value is -0.120. The van der Waals surface area contributed by atoms with E-state index in [0.29, 0.717) is 0 Å². The lowest BCUT2D eigenvalue weighted by Gasteiger charge is -2.24.